The summed E-state index contributed by atoms with van der Waals surface area (Å²) in [5.74, 6) is 0.0160. The van der Waals surface area contributed by atoms with E-state index >= 15 is 0 Å². The monoisotopic (exact) mass is 447 g/mol. The second kappa shape index (κ2) is 8.43. The first kappa shape index (κ1) is 23.0. The third kappa shape index (κ3) is 5.70. The molecule has 0 unspecified atom stereocenters. The molecule has 0 spiro atoms. The molecule has 2 fully saturated rings. The topological polar surface area (TPSA) is 89.0 Å². The van der Waals surface area contributed by atoms with Gasteiger partial charge in [0.05, 0.1) is 11.3 Å². The van der Waals surface area contributed by atoms with Crippen molar-refractivity contribution in [2.45, 2.75) is 58.5 Å². The van der Waals surface area contributed by atoms with Crippen molar-refractivity contribution in [2.24, 2.45) is 17.3 Å². The minimum Gasteiger partial charge on any atom is -0.351 e. The lowest BCUT2D eigenvalue weighted by Gasteiger charge is -2.48. The van der Waals surface area contributed by atoms with Gasteiger partial charge in [0, 0.05) is 18.5 Å². The minimum absolute atomic E-state index is 0.0469. The number of halogens is 3. The zero-order valence-corrected chi connectivity index (χ0v) is 18.1. The number of hydrogen-bond acceptors (Lipinski definition) is 5. The third-order valence-corrected chi connectivity index (χ3v) is 7.92. The van der Waals surface area contributed by atoms with E-state index in [1.165, 1.54) is 6.92 Å². The largest absolute Gasteiger partial charge is 0.434 e. The van der Waals surface area contributed by atoms with Gasteiger partial charge in [-0.05, 0) is 49.9 Å². The van der Waals surface area contributed by atoms with Gasteiger partial charge in [-0.25, -0.2) is 18.4 Å². The number of sulfone groups is 1. The van der Waals surface area contributed by atoms with Crippen LogP contribution in [0.2, 0.25) is 0 Å². The molecule has 1 aromatic rings. The smallest absolute Gasteiger partial charge is 0.351 e. The van der Waals surface area contributed by atoms with Crippen molar-refractivity contribution in [1.29, 1.82) is 0 Å². The minimum atomic E-state index is -4.75. The van der Waals surface area contributed by atoms with E-state index in [0.29, 0.717) is 25.2 Å². The maximum Gasteiger partial charge on any atom is 0.434 e. The van der Waals surface area contributed by atoms with Gasteiger partial charge >= 0.3 is 6.18 Å². The zero-order chi connectivity index (χ0) is 22.2. The second-order valence-electron chi connectivity index (χ2n) is 8.90. The average molecular weight is 448 g/mol. The van der Waals surface area contributed by atoms with Crippen molar-refractivity contribution in [1.82, 2.24) is 15.3 Å². The molecule has 1 N–H and O–H groups in total. The van der Waals surface area contributed by atoms with Crippen molar-refractivity contribution < 1.29 is 26.4 Å². The Kier molecular flexibility index (Phi) is 6.46. The lowest BCUT2D eigenvalue weighted by atomic mass is 9.60. The molecule has 6 nitrogen and oxygen atoms in total. The van der Waals surface area contributed by atoms with Gasteiger partial charge in [0.15, 0.2) is 15.5 Å². The third-order valence-electron chi connectivity index (χ3n) is 5.91. The molecule has 30 heavy (non-hydrogen) atoms. The Balaban J connectivity index is 1.66. The summed E-state index contributed by atoms with van der Waals surface area (Å²) in [6.45, 7) is 3.40. The normalized spacial score (nSPS) is 24.4. The molecule has 1 aromatic heterocycles. The molecular weight excluding hydrogens is 419 g/mol. The average Bonchev–Trinajstić information content (AvgIpc) is 3.40. The van der Waals surface area contributed by atoms with Gasteiger partial charge in [-0.15, -0.1) is 0 Å². The zero-order valence-electron chi connectivity index (χ0n) is 17.3. The van der Waals surface area contributed by atoms with Crippen LogP contribution in [0.25, 0.3) is 0 Å². The Labute approximate surface area is 175 Å². The Morgan fingerprint density at radius 2 is 1.93 bits per heavy atom. The molecule has 2 saturated carbocycles. The summed E-state index contributed by atoms with van der Waals surface area (Å²) < 4.78 is 64.0. The van der Waals surface area contributed by atoms with E-state index in [0.717, 1.165) is 25.5 Å². The number of rotatable bonds is 9. The van der Waals surface area contributed by atoms with Crippen LogP contribution >= 0.6 is 0 Å². The standard InChI is InChI=1S/C20H28F3N3O3S/c1-3-6-30(28,29)11-15-8-19(9-15,7-14-4-5-14)12-25-18(27)16-10-24-13(2)26-17(16)20(21,22)23/h10,14-15H,3-9,11-12H2,1-2H3,(H,25,27). The van der Waals surface area contributed by atoms with E-state index in [9.17, 15) is 26.4 Å². The number of aromatic nitrogens is 2. The van der Waals surface area contributed by atoms with Gasteiger partial charge in [0.25, 0.3) is 5.91 Å². The van der Waals surface area contributed by atoms with Crippen molar-refractivity contribution in [3.63, 3.8) is 0 Å². The summed E-state index contributed by atoms with van der Waals surface area (Å²) >= 11 is 0. The van der Waals surface area contributed by atoms with Crippen LogP contribution < -0.4 is 5.32 Å². The maximum absolute atomic E-state index is 13.3. The fraction of sp³-hybridized carbons (Fsp3) is 0.750. The highest BCUT2D eigenvalue weighted by molar-refractivity contribution is 7.91. The Hall–Kier alpha value is -1.71. The SMILES string of the molecule is CCCS(=O)(=O)CC1CC(CNC(=O)c2cnc(C)nc2C(F)(F)F)(CC2CC2)C1. The van der Waals surface area contributed by atoms with Gasteiger partial charge in [-0.3, -0.25) is 4.79 Å². The number of amides is 1. The van der Waals surface area contributed by atoms with Crippen LogP contribution in [0.3, 0.4) is 0 Å². The number of alkyl halides is 3. The van der Waals surface area contributed by atoms with Crippen LogP contribution in [0.5, 0.6) is 0 Å². The summed E-state index contributed by atoms with van der Waals surface area (Å²) in [6.07, 6.45) is 1.17. The number of carbonyl (C=O) groups is 1. The van der Waals surface area contributed by atoms with Crippen LogP contribution in [0.15, 0.2) is 6.20 Å². The highest BCUT2D eigenvalue weighted by Crippen LogP contribution is 2.54. The quantitative estimate of drug-likeness (QED) is 0.625. The van der Waals surface area contributed by atoms with Gasteiger partial charge in [-0.1, -0.05) is 19.8 Å². The maximum atomic E-state index is 13.3. The number of hydrogen-bond donors (Lipinski definition) is 1. The van der Waals surface area contributed by atoms with E-state index < -0.39 is 33.2 Å². The molecule has 0 bridgehead atoms. The fourth-order valence-electron chi connectivity index (χ4n) is 4.57. The predicted octanol–water partition coefficient (Wildman–Crippen LogP) is 3.55. The molecule has 1 amide bonds. The van der Waals surface area contributed by atoms with Crippen molar-refractivity contribution in [2.75, 3.05) is 18.1 Å². The first-order valence-electron chi connectivity index (χ1n) is 10.3. The molecule has 168 valence electrons. The predicted molar refractivity (Wildman–Crippen MR) is 106 cm³/mol. The number of aryl methyl sites for hydroxylation is 1. The highest BCUT2D eigenvalue weighted by Gasteiger charge is 2.48. The van der Waals surface area contributed by atoms with E-state index in [-0.39, 0.29) is 35.2 Å². The van der Waals surface area contributed by atoms with Crippen LogP contribution in [0, 0.1) is 24.2 Å². The lowest BCUT2D eigenvalue weighted by Crippen LogP contribution is -2.48. The Morgan fingerprint density at radius 1 is 1.27 bits per heavy atom. The Morgan fingerprint density at radius 3 is 2.50 bits per heavy atom. The fourth-order valence-corrected chi connectivity index (χ4v) is 6.31. The van der Waals surface area contributed by atoms with Gasteiger partial charge in [0.1, 0.15) is 5.82 Å². The number of carbonyl (C=O) groups excluding carboxylic acids is 1. The number of nitrogens with one attached hydrogen (secondary N) is 1. The molecule has 0 aromatic carbocycles. The summed E-state index contributed by atoms with van der Waals surface area (Å²) in [5.41, 5.74) is -2.07. The van der Waals surface area contributed by atoms with Crippen LogP contribution in [-0.4, -0.2) is 42.3 Å². The van der Waals surface area contributed by atoms with Gasteiger partial charge in [-0.2, -0.15) is 13.2 Å². The molecule has 1 heterocycles. The summed E-state index contributed by atoms with van der Waals surface area (Å²) in [7, 11) is -3.08. The summed E-state index contributed by atoms with van der Waals surface area (Å²) in [4.78, 5) is 19.7. The highest BCUT2D eigenvalue weighted by atomic mass is 32.2. The molecule has 0 radical (unpaired) electrons. The van der Waals surface area contributed by atoms with E-state index in [4.69, 9.17) is 0 Å². The van der Waals surface area contributed by atoms with Crippen LogP contribution in [0.4, 0.5) is 13.2 Å². The number of nitrogens with zero attached hydrogens (tertiary/aromatic N) is 2. The molecule has 0 aliphatic heterocycles. The molecule has 10 heteroatoms. The molecule has 2 aliphatic rings. The van der Waals surface area contributed by atoms with E-state index in [2.05, 4.69) is 15.3 Å². The summed E-state index contributed by atoms with van der Waals surface area (Å²) in [6, 6.07) is 0. The molecular formula is C20H28F3N3O3S. The van der Waals surface area contributed by atoms with Crippen molar-refractivity contribution in [3.8, 4) is 0 Å². The second-order valence-corrected chi connectivity index (χ2v) is 11.1. The van der Waals surface area contributed by atoms with Gasteiger partial charge < -0.3 is 5.32 Å². The first-order chi connectivity index (χ1) is 13.9. The van der Waals surface area contributed by atoms with Crippen LogP contribution in [-0.2, 0) is 16.0 Å². The van der Waals surface area contributed by atoms with E-state index in [1.807, 2.05) is 6.92 Å². The molecule has 2 aliphatic carbocycles. The van der Waals surface area contributed by atoms with Crippen molar-refractivity contribution in [3.05, 3.63) is 23.3 Å². The Bertz CT molecular complexity index is 892. The molecule has 0 saturated heterocycles. The van der Waals surface area contributed by atoms with Crippen LogP contribution in [0.1, 0.15) is 67.3 Å². The van der Waals surface area contributed by atoms with Gasteiger partial charge in [0.2, 0.25) is 0 Å². The molecule has 0 atom stereocenters. The van der Waals surface area contributed by atoms with E-state index in [1.54, 1.807) is 0 Å². The summed E-state index contributed by atoms with van der Waals surface area (Å²) in [5, 5.41) is 2.65. The molecule has 3 rings (SSSR count). The van der Waals surface area contributed by atoms with Crippen molar-refractivity contribution >= 4 is 15.7 Å². The lowest BCUT2D eigenvalue weighted by molar-refractivity contribution is -0.141. The first-order valence-corrected chi connectivity index (χ1v) is 12.1.